The zero-order valence-corrected chi connectivity index (χ0v) is 61.8. The molecule has 0 aromatic heterocycles. The van der Waals surface area contributed by atoms with Crippen molar-refractivity contribution in [2.45, 2.75) is 176 Å². The van der Waals surface area contributed by atoms with Gasteiger partial charge in [0.15, 0.2) is 30.2 Å². The fraction of sp³-hybridized carbons (Fsp3) is 0.444. The van der Waals surface area contributed by atoms with Gasteiger partial charge in [-0.15, -0.1) is 0 Å². The molecular weight excluding hydrogens is 1510 g/mol. The van der Waals surface area contributed by atoms with Gasteiger partial charge in [0.2, 0.25) is 65.2 Å². The van der Waals surface area contributed by atoms with Gasteiger partial charge in [-0.25, -0.2) is 0 Å². The van der Waals surface area contributed by atoms with Crippen LogP contribution in [0.2, 0.25) is 10.0 Å². The highest BCUT2D eigenvalue weighted by atomic mass is 35.5. The van der Waals surface area contributed by atoms with Crippen LogP contribution in [-0.2, 0) is 62.2 Å². The lowest BCUT2D eigenvalue weighted by molar-refractivity contribution is -0.348. The Morgan fingerprint density at radius 2 is 1.28 bits per heavy atom. The van der Waals surface area contributed by atoms with Crippen molar-refractivity contribution >= 4 is 82.3 Å². The van der Waals surface area contributed by atoms with E-state index in [0.29, 0.717) is 0 Å². The van der Waals surface area contributed by atoms with Crippen LogP contribution in [0.25, 0.3) is 11.1 Å². The molecule has 0 radical (unpaired) electrons. The van der Waals surface area contributed by atoms with Crippen molar-refractivity contribution in [2.75, 3.05) is 13.7 Å². The van der Waals surface area contributed by atoms with E-state index in [0.717, 1.165) is 80.6 Å². The Hall–Kier alpha value is -10.3. The molecule has 5 aromatic rings. The highest BCUT2D eigenvalue weighted by Gasteiger charge is 2.52. The number of carboxylic acids is 1. The Kier molecular flexibility index (Phi) is 25.6. The third-order valence-electron chi connectivity index (χ3n) is 19.5. The van der Waals surface area contributed by atoms with Crippen molar-refractivity contribution in [3.05, 3.63) is 117 Å². The quantitative estimate of drug-likeness (QED) is 0.0548. The molecule has 11 bridgehead atoms. The predicted molar refractivity (Wildman–Crippen MR) is 384 cm³/mol. The van der Waals surface area contributed by atoms with Crippen LogP contribution >= 0.6 is 23.2 Å². The van der Waals surface area contributed by atoms with E-state index in [2.05, 4.69) is 47.9 Å². The number of fused-ring (bicyclic) bond motifs is 15. The third-order valence-corrected chi connectivity index (χ3v) is 20.1. The maximum Gasteiger partial charge on any atom is 0.325 e. The molecule has 5 aromatic carbocycles. The fourth-order valence-electron chi connectivity index (χ4n) is 13.1. The molecule has 0 saturated carbocycles. The molecule has 39 heteroatoms. The van der Waals surface area contributed by atoms with Crippen molar-refractivity contribution in [1.29, 1.82) is 0 Å². The number of nitrogens with one attached hydrogen (secondary N) is 9. The van der Waals surface area contributed by atoms with Crippen molar-refractivity contribution in [3.63, 3.8) is 0 Å². The lowest BCUT2D eigenvalue weighted by Crippen LogP contribution is -2.63. The number of ether oxygens (including phenoxy) is 6. The number of aromatic hydroxyl groups is 3. The first-order valence-corrected chi connectivity index (χ1v) is 35.6. The summed E-state index contributed by atoms with van der Waals surface area (Å²) in [6, 6.07) is -4.28. The number of carbonyl (C=O) groups is 10. The van der Waals surface area contributed by atoms with Crippen LogP contribution in [0.1, 0.15) is 119 Å². The minimum Gasteiger partial charge on any atom is -0.508 e. The molecule has 0 aliphatic carbocycles. The van der Waals surface area contributed by atoms with Crippen LogP contribution < -0.4 is 73.5 Å². The normalized spacial score (nSPS) is 28.3. The largest absolute Gasteiger partial charge is 0.508 e. The Balaban J connectivity index is 1.23. The van der Waals surface area contributed by atoms with Gasteiger partial charge in [0.25, 0.3) is 0 Å². The van der Waals surface area contributed by atoms with Crippen LogP contribution in [0.4, 0.5) is 0 Å². The molecule has 2 saturated heterocycles. The number of halogens is 2. The first-order valence-electron chi connectivity index (χ1n) is 34.8. The summed E-state index contributed by atoms with van der Waals surface area (Å²) in [5, 5.41) is 136. The molecule has 111 heavy (non-hydrogen) atoms. The number of hydrogen-bond acceptors (Lipinski definition) is 27. The van der Waals surface area contributed by atoms with Gasteiger partial charge in [-0.3, -0.25) is 47.9 Å². The molecule has 20 atom stereocenters. The maximum absolute atomic E-state index is 16.2. The second-order valence-corrected chi connectivity index (χ2v) is 29.0. The lowest BCUT2D eigenvalue weighted by atomic mass is 9.82. The number of carbonyl (C=O) groups excluding carboxylic acids is 9. The fourth-order valence-corrected chi connectivity index (χ4v) is 13.5. The molecule has 2 fully saturated rings. The molecule has 23 N–H and O–H groups in total. The van der Waals surface area contributed by atoms with Crippen LogP contribution in [0.5, 0.6) is 46.0 Å². The summed E-state index contributed by atoms with van der Waals surface area (Å²) in [5.41, 5.74) is 8.09. The Morgan fingerprint density at radius 3 is 1.86 bits per heavy atom. The number of aliphatic carboxylic acids is 1. The first-order chi connectivity index (χ1) is 52.3. The summed E-state index contributed by atoms with van der Waals surface area (Å²) in [7, 11) is 1.46. The number of carboxylic acid groups (broad SMARTS) is 1. The Bertz CT molecular complexity index is 4460. The molecule has 7 aliphatic rings. The van der Waals surface area contributed by atoms with Gasteiger partial charge in [-0.2, -0.15) is 0 Å². The smallest absolute Gasteiger partial charge is 0.325 e. The number of benzene rings is 5. The van der Waals surface area contributed by atoms with E-state index < -0.39 is 267 Å². The molecule has 0 spiro atoms. The summed E-state index contributed by atoms with van der Waals surface area (Å²) in [4.78, 5) is 145. The van der Waals surface area contributed by atoms with Gasteiger partial charge >= 0.3 is 5.97 Å². The number of hydrogen-bond donors (Lipinski definition) is 21. The minimum absolute atomic E-state index is 0.117. The molecule has 12 rings (SSSR count). The summed E-state index contributed by atoms with van der Waals surface area (Å²) < 4.78 is 38.2. The second-order valence-electron chi connectivity index (χ2n) is 28.2. The van der Waals surface area contributed by atoms with Gasteiger partial charge < -0.3 is 139 Å². The number of aliphatic hydroxyl groups is 6. The molecular formula is C72H85Cl2N11O26. The molecule has 7 aliphatic heterocycles. The van der Waals surface area contributed by atoms with E-state index in [1.165, 1.54) is 19.2 Å². The number of rotatable bonds is 17. The summed E-state index contributed by atoms with van der Waals surface area (Å²) in [6.45, 7) is 8.05. The van der Waals surface area contributed by atoms with Gasteiger partial charge in [-0.05, 0) is 123 Å². The van der Waals surface area contributed by atoms with E-state index in [4.69, 9.17) is 63.1 Å². The molecule has 598 valence electrons. The number of nitrogens with two attached hydrogens (primary N) is 2. The van der Waals surface area contributed by atoms with Gasteiger partial charge in [0.05, 0.1) is 29.1 Å². The number of likely N-dealkylation sites (N-methyl/N-ethyl adjacent to an activating group) is 1. The van der Waals surface area contributed by atoms with Crippen molar-refractivity contribution in [2.24, 2.45) is 23.3 Å². The third kappa shape index (κ3) is 18.4. The Labute approximate surface area is 641 Å². The molecule has 37 nitrogen and oxygen atoms in total. The highest BCUT2D eigenvalue weighted by Crippen LogP contribution is 2.50. The lowest BCUT2D eigenvalue weighted by Gasteiger charge is -2.47. The van der Waals surface area contributed by atoms with Gasteiger partial charge in [0.1, 0.15) is 108 Å². The summed E-state index contributed by atoms with van der Waals surface area (Å²) >= 11 is 14.2. The van der Waals surface area contributed by atoms with E-state index in [9.17, 15) is 79.8 Å². The Morgan fingerprint density at radius 1 is 0.676 bits per heavy atom. The number of phenols is 3. The average Bonchev–Trinajstić information content (AvgIpc) is 0.771. The molecule has 0 unspecified atom stereocenters. The van der Waals surface area contributed by atoms with E-state index in [1.807, 2.05) is 13.8 Å². The van der Waals surface area contributed by atoms with Gasteiger partial charge in [-0.1, -0.05) is 62.2 Å². The topological polar surface area (TPSA) is 589 Å². The number of aliphatic hydroxyl groups excluding tert-OH is 6. The zero-order chi connectivity index (χ0) is 81.3. The standard InChI is InChI=1S/C72H85Cl2N11O26/c1-25(2)14-38(77-7)62(96)84-53-55(91)30-9-12-42(36(73)16-30)106-44-18-32-19-45(59(44)111-71-60(58(94)57(93)46(24-86)108-71)109-48-23-72(6,76)26(3)70(105)110-48)107-43-13-10-31(17-37(43)74)56(92)54-68(102)83-52(66(100)78-27(4)61(95)79-28(5)69(103)104)35-20-33(87)21-41(89)49(35)34-15-29(8-11-40(34)88)50(64(98)85-54)82-65(99)51(32)81-63(97)39(22-47(75)90)80-67(53)101/h8-13,15-21,25-28,38-39,46,48,50-58,60,70-71,77,86-89,91-94,105H,14,22-24,76H2,1-7H3,(H2,75,90)(H,78,100)(H,79,95)(H,80,101)(H,81,97)(H,82,99)(H,83,102)(H,84,96)(H,85,98)(H,103,104)/t26-,27+,28+,38-,39+,46+,48-,50-,51-,52+,53-,54+,55-,56-,57+,58-,60+,70-,71-,72+/m1/s1. The van der Waals surface area contributed by atoms with Crippen LogP contribution in [-0.4, -0.2) is 209 Å². The maximum atomic E-state index is 16.2. The van der Waals surface area contributed by atoms with Gasteiger partial charge in [0, 0.05) is 35.1 Å². The van der Waals surface area contributed by atoms with Crippen LogP contribution in [0.15, 0.2) is 78.9 Å². The SMILES string of the molecule is CN[C@H](CC(C)C)C(=O)N[C@H]1C(=O)N[C@@H](CC(N)=O)C(=O)N[C@H]2C(=O)N[C@H]3C(=O)N[C@H](C(=O)N[C@H](C(=O)N[C@@H](C)C(=O)N[C@@H](C)C(=O)O)c4cc(O)cc(O)c4-c4cc3ccc4O)[C@H](O)c3ccc(c(Cl)c3)Oc3cc2cc(c3O[C@H]2O[C@@H](CO)[C@H](O)[C@@H](O)[C@@H]2O[C@H]2C[C@](C)(N)[C@H](C)[C@H](O)O2)Oc2ccc(cc2Cl)[C@H]1O. The van der Waals surface area contributed by atoms with E-state index in [1.54, 1.807) is 13.8 Å². The number of amides is 9. The average molecular weight is 1590 g/mol. The summed E-state index contributed by atoms with van der Waals surface area (Å²) in [5.74, 6) is -19.3. The predicted octanol–water partition coefficient (Wildman–Crippen LogP) is -0.679. The number of phenolic OH excluding ortho intramolecular Hbond substituents is 3. The second kappa shape index (κ2) is 34.2. The van der Waals surface area contributed by atoms with Crippen LogP contribution in [0.3, 0.4) is 0 Å². The summed E-state index contributed by atoms with van der Waals surface area (Å²) in [6.07, 6.45) is -18.3. The van der Waals surface area contributed by atoms with Crippen molar-refractivity contribution < 1.29 is 127 Å². The zero-order valence-electron chi connectivity index (χ0n) is 60.3. The van der Waals surface area contributed by atoms with E-state index in [-0.39, 0.29) is 40.7 Å². The van der Waals surface area contributed by atoms with E-state index >= 15 is 19.2 Å². The highest BCUT2D eigenvalue weighted by molar-refractivity contribution is 6.32. The van der Waals surface area contributed by atoms with Crippen LogP contribution in [0, 0.1) is 11.8 Å². The van der Waals surface area contributed by atoms with Crippen molar-refractivity contribution in [3.8, 4) is 57.1 Å². The molecule has 7 heterocycles. The van der Waals surface area contributed by atoms with Crippen molar-refractivity contribution in [1.82, 2.24) is 47.9 Å². The molecule has 9 amide bonds. The monoisotopic (exact) mass is 1590 g/mol. The first kappa shape index (κ1) is 83.2. The number of primary amides is 1. The minimum atomic E-state index is -2.39.